The number of hydrogen-bond acceptors (Lipinski definition) is 3. The molecule has 1 aliphatic heterocycles. The normalized spacial score (nSPS) is 17.4. The van der Waals surface area contributed by atoms with Crippen LogP contribution in [0.2, 0.25) is 0 Å². The molecular formula is C17H22N2O2. The fourth-order valence-corrected chi connectivity index (χ4v) is 3.29. The Morgan fingerprint density at radius 2 is 2.05 bits per heavy atom. The molecule has 1 aliphatic rings. The third-order valence-corrected chi connectivity index (χ3v) is 4.57. The summed E-state index contributed by atoms with van der Waals surface area (Å²) in [5.74, 6) is 0.414. The molecule has 0 amide bonds. The van der Waals surface area contributed by atoms with Crippen LogP contribution in [0.1, 0.15) is 30.0 Å². The van der Waals surface area contributed by atoms with E-state index in [1.54, 1.807) is 0 Å². The van der Waals surface area contributed by atoms with Gasteiger partial charge in [-0.05, 0) is 55.9 Å². The number of nitrogens with zero attached hydrogens (tertiary/aromatic N) is 1. The van der Waals surface area contributed by atoms with E-state index in [-0.39, 0.29) is 12.2 Å². The zero-order chi connectivity index (χ0) is 14.8. The average molecular weight is 286 g/mol. The van der Waals surface area contributed by atoms with Gasteiger partial charge in [0, 0.05) is 23.5 Å². The van der Waals surface area contributed by atoms with Crippen molar-refractivity contribution in [2.45, 2.75) is 25.7 Å². The first-order valence-corrected chi connectivity index (χ1v) is 7.65. The lowest BCUT2D eigenvalue weighted by Gasteiger charge is -2.31. The molecule has 1 saturated heterocycles. The highest BCUT2D eigenvalue weighted by molar-refractivity contribution is 5.85. The van der Waals surface area contributed by atoms with Gasteiger partial charge in [0.15, 0.2) is 0 Å². The number of rotatable bonds is 3. The molecule has 21 heavy (non-hydrogen) atoms. The number of β-amino-alcohol motifs (C(OH)–C–C–N with tert-alkyl or cyclic N) is 1. The summed E-state index contributed by atoms with van der Waals surface area (Å²) in [5.41, 5.74) is 2.23. The number of aliphatic hydroxyl groups is 1. The fraction of sp³-hybridized carbons (Fsp3) is 0.471. The van der Waals surface area contributed by atoms with Gasteiger partial charge in [0.1, 0.15) is 0 Å². The zero-order valence-electron chi connectivity index (χ0n) is 12.4. The minimum atomic E-state index is 0.0176. The molecule has 1 fully saturated rings. The Bertz CT molecular complexity index is 685. The maximum Gasteiger partial charge on any atom is 0.256 e. The van der Waals surface area contributed by atoms with Crippen molar-refractivity contribution >= 4 is 10.8 Å². The predicted molar refractivity (Wildman–Crippen MR) is 84.8 cm³/mol. The summed E-state index contributed by atoms with van der Waals surface area (Å²) in [4.78, 5) is 17.6. The molecule has 2 heterocycles. The van der Waals surface area contributed by atoms with Crippen molar-refractivity contribution < 1.29 is 5.11 Å². The first-order chi connectivity index (χ1) is 10.2. The largest absolute Gasteiger partial charge is 0.395 e. The van der Waals surface area contributed by atoms with Gasteiger partial charge in [-0.1, -0.05) is 12.1 Å². The van der Waals surface area contributed by atoms with Crippen molar-refractivity contribution in [2.75, 3.05) is 26.2 Å². The molecule has 0 aliphatic carbocycles. The zero-order valence-corrected chi connectivity index (χ0v) is 12.4. The summed E-state index contributed by atoms with van der Waals surface area (Å²) < 4.78 is 0. The van der Waals surface area contributed by atoms with E-state index in [0.717, 1.165) is 54.5 Å². The Labute approximate surface area is 124 Å². The molecule has 4 nitrogen and oxygen atoms in total. The summed E-state index contributed by atoms with van der Waals surface area (Å²) in [6.45, 7) is 4.99. The molecular weight excluding hydrogens is 264 g/mol. The molecule has 0 bridgehead atoms. The lowest BCUT2D eigenvalue weighted by atomic mass is 9.91. The molecule has 1 aromatic heterocycles. The monoisotopic (exact) mass is 286 g/mol. The summed E-state index contributed by atoms with van der Waals surface area (Å²) in [6, 6.07) is 8.02. The van der Waals surface area contributed by atoms with Gasteiger partial charge >= 0.3 is 0 Å². The number of pyridine rings is 1. The van der Waals surface area contributed by atoms with Crippen LogP contribution in [-0.2, 0) is 0 Å². The Morgan fingerprint density at radius 1 is 1.29 bits per heavy atom. The number of H-pyrrole nitrogens is 1. The SMILES string of the molecule is Cc1cccc2c(=O)[nH]c(C3CCN(CCO)CC3)cc12. The number of likely N-dealkylation sites (tertiary alicyclic amines) is 1. The molecule has 0 unspecified atom stereocenters. The Morgan fingerprint density at radius 3 is 2.76 bits per heavy atom. The van der Waals surface area contributed by atoms with Crippen molar-refractivity contribution in [3.63, 3.8) is 0 Å². The highest BCUT2D eigenvalue weighted by Gasteiger charge is 2.21. The molecule has 112 valence electrons. The third kappa shape index (κ3) is 2.87. The van der Waals surface area contributed by atoms with Gasteiger partial charge in [0.05, 0.1) is 6.61 Å². The molecule has 0 radical (unpaired) electrons. The van der Waals surface area contributed by atoms with Crippen molar-refractivity contribution in [1.29, 1.82) is 0 Å². The molecule has 0 spiro atoms. The molecule has 2 aromatic rings. The second kappa shape index (κ2) is 6.00. The van der Waals surface area contributed by atoms with Crippen LogP contribution in [0.15, 0.2) is 29.1 Å². The quantitative estimate of drug-likeness (QED) is 0.907. The molecule has 1 aromatic carbocycles. The molecule has 3 rings (SSSR count). The molecule has 2 N–H and O–H groups in total. The first kappa shape index (κ1) is 14.3. The van der Waals surface area contributed by atoms with Gasteiger partial charge in [-0.2, -0.15) is 0 Å². The smallest absolute Gasteiger partial charge is 0.256 e. The summed E-state index contributed by atoms with van der Waals surface area (Å²) in [6.07, 6.45) is 2.07. The minimum Gasteiger partial charge on any atom is -0.395 e. The predicted octanol–water partition coefficient (Wildman–Crippen LogP) is 2.01. The number of piperidine rings is 1. The molecule has 0 saturated carbocycles. The van der Waals surface area contributed by atoms with Crippen LogP contribution in [0.25, 0.3) is 10.8 Å². The van der Waals surface area contributed by atoms with E-state index in [1.807, 2.05) is 12.1 Å². The standard InChI is InChI=1S/C17H22N2O2/c1-12-3-2-4-14-15(12)11-16(18-17(14)21)13-5-7-19(8-6-13)9-10-20/h2-4,11,13,20H,5-10H2,1H3,(H,18,21). The van der Waals surface area contributed by atoms with Gasteiger partial charge in [-0.25, -0.2) is 0 Å². The summed E-state index contributed by atoms with van der Waals surface area (Å²) in [7, 11) is 0. The number of benzene rings is 1. The maximum absolute atomic E-state index is 12.3. The second-order valence-corrected chi connectivity index (χ2v) is 5.93. The van der Waals surface area contributed by atoms with Crippen LogP contribution in [0.3, 0.4) is 0 Å². The van der Waals surface area contributed by atoms with Crippen LogP contribution in [0.5, 0.6) is 0 Å². The number of aryl methyl sites for hydroxylation is 1. The van der Waals surface area contributed by atoms with E-state index in [9.17, 15) is 4.79 Å². The van der Waals surface area contributed by atoms with Crippen molar-refractivity contribution in [1.82, 2.24) is 9.88 Å². The minimum absolute atomic E-state index is 0.0176. The number of nitrogens with one attached hydrogen (secondary N) is 1. The highest BCUT2D eigenvalue weighted by Crippen LogP contribution is 2.28. The summed E-state index contributed by atoms with van der Waals surface area (Å²) >= 11 is 0. The number of fused-ring (bicyclic) bond motifs is 1. The van der Waals surface area contributed by atoms with Crippen LogP contribution in [0.4, 0.5) is 0 Å². The van der Waals surface area contributed by atoms with E-state index in [2.05, 4.69) is 28.9 Å². The van der Waals surface area contributed by atoms with Gasteiger partial charge in [-0.15, -0.1) is 0 Å². The Hall–Kier alpha value is -1.65. The topological polar surface area (TPSA) is 56.3 Å². The van der Waals surface area contributed by atoms with Crippen LogP contribution in [0, 0.1) is 6.92 Å². The van der Waals surface area contributed by atoms with Gasteiger partial charge in [0.25, 0.3) is 5.56 Å². The van der Waals surface area contributed by atoms with Gasteiger partial charge in [-0.3, -0.25) is 4.79 Å². The second-order valence-electron chi connectivity index (χ2n) is 5.93. The third-order valence-electron chi connectivity index (χ3n) is 4.57. The average Bonchev–Trinajstić information content (AvgIpc) is 2.49. The van der Waals surface area contributed by atoms with Gasteiger partial charge < -0.3 is 15.0 Å². The highest BCUT2D eigenvalue weighted by atomic mass is 16.3. The lowest BCUT2D eigenvalue weighted by molar-refractivity contribution is 0.163. The van der Waals surface area contributed by atoms with Crippen LogP contribution in [-0.4, -0.2) is 41.2 Å². The molecule has 0 atom stereocenters. The van der Waals surface area contributed by atoms with Crippen LogP contribution >= 0.6 is 0 Å². The Balaban J connectivity index is 1.88. The van der Waals surface area contributed by atoms with E-state index >= 15 is 0 Å². The number of aliphatic hydroxyl groups excluding tert-OH is 1. The summed E-state index contributed by atoms with van der Waals surface area (Å²) in [5, 5.41) is 10.8. The van der Waals surface area contributed by atoms with E-state index < -0.39 is 0 Å². The number of aromatic nitrogens is 1. The van der Waals surface area contributed by atoms with E-state index in [0.29, 0.717) is 5.92 Å². The Kier molecular flexibility index (Phi) is 4.08. The fourth-order valence-electron chi connectivity index (χ4n) is 3.29. The van der Waals surface area contributed by atoms with Gasteiger partial charge in [0.2, 0.25) is 0 Å². The maximum atomic E-state index is 12.3. The van der Waals surface area contributed by atoms with Crippen molar-refractivity contribution in [2.24, 2.45) is 0 Å². The van der Waals surface area contributed by atoms with Crippen LogP contribution < -0.4 is 5.56 Å². The molecule has 4 heteroatoms. The number of aromatic amines is 1. The van der Waals surface area contributed by atoms with E-state index in [1.165, 1.54) is 0 Å². The first-order valence-electron chi connectivity index (χ1n) is 7.65. The van der Waals surface area contributed by atoms with E-state index in [4.69, 9.17) is 5.11 Å². The number of hydrogen-bond donors (Lipinski definition) is 2. The van der Waals surface area contributed by atoms with Crippen molar-refractivity contribution in [3.05, 3.63) is 45.9 Å². The lowest BCUT2D eigenvalue weighted by Crippen LogP contribution is -2.35. The van der Waals surface area contributed by atoms with Crippen molar-refractivity contribution in [3.8, 4) is 0 Å².